The standard InChI is InChI=1S/C17H22N4O2/c1-4-23-15-8-6-5-7-13(15)20-16(22)14-9-10-18-17(21-14)19-11-12(2)3/h5-10,12H,4,11H2,1-3H3,(H,20,22)(H,18,19,21). The quantitative estimate of drug-likeness (QED) is 0.821. The zero-order valence-corrected chi connectivity index (χ0v) is 13.7. The van der Waals surface area contributed by atoms with Crippen molar-refractivity contribution >= 4 is 17.5 Å². The molecular weight excluding hydrogens is 292 g/mol. The second kappa shape index (κ2) is 8.12. The fraction of sp³-hybridized carbons (Fsp3) is 0.353. The number of ether oxygens (including phenoxy) is 1. The van der Waals surface area contributed by atoms with Crippen LogP contribution >= 0.6 is 0 Å². The number of hydrogen-bond donors (Lipinski definition) is 2. The molecule has 0 bridgehead atoms. The van der Waals surface area contributed by atoms with Gasteiger partial charge in [-0.05, 0) is 31.0 Å². The number of carbonyl (C=O) groups is 1. The van der Waals surface area contributed by atoms with Gasteiger partial charge in [-0.1, -0.05) is 26.0 Å². The fourth-order valence-electron chi connectivity index (χ4n) is 1.90. The number of anilines is 2. The lowest BCUT2D eigenvalue weighted by molar-refractivity contribution is 0.102. The average molecular weight is 314 g/mol. The Morgan fingerprint density at radius 3 is 2.78 bits per heavy atom. The van der Waals surface area contributed by atoms with Crippen LogP contribution in [0.1, 0.15) is 31.3 Å². The van der Waals surface area contributed by atoms with E-state index in [4.69, 9.17) is 4.74 Å². The Morgan fingerprint density at radius 1 is 1.26 bits per heavy atom. The summed E-state index contributed by atoms with van der Waals surface area (Å²) in [5.41, 5.74) is 0.923. The maximum atomic E-state index is 12.4. The summed E-state index contributed by atoms with van der Waals surface area (Å²) in [5.74, 6) is 1.25. The second-order valence-electron chi connectivity index (χ2n) is 5.42. The van der Waals surface area contributed by atoms with E-state index >= 15 is 0 Å². The molecule has 0 aliphatic carbocycles. The van der Waals surface area contributed by atoms with Crippen LogP contribution in [-0.4, -0.2) is 29.0 Å². The van der Waals surface area contributed by atoms with Crippen molar-refractivity contribution in [2.75, 3.05) is 23.8 Å². The van der Waals surface area contributed by atoms with Crippen molar-refractivity contribution in [3.63, 3.8) is 0 Å². The lowest BCUT2D eigenvalue weighted by Crippen LogP contribution is -2.17. The first-order valence-electron chi connectivity index (χ1n) is 7.70. The fourth-order valence-corrected chi connectivity index (χ4v) is 1.90. The van der Waals surface area contributed by atoms with Gasteiger partial charge in [-0.15, -0.1) is 0 Å². The second-order valence-corrected chi connectivity index (χ2v) is 5.42. The molecule has 1 amide bonds. The summed E-state index contributed by atoms with van der Waals surface area (Å²) in [6.07, 6.45) is 1.57. The third kappa shape index (κ3) is 4.95. The molecule has 0 fully saturated rings. The van der Waals surface area contributed by atoms with Gasteiger partial charge in [0.1, 0.15) is 11.4 Å². The number of aromatic nitrogens is 2. The number of nitrogens with zero attached hydrogens (tertiary/aromatic N) is 2. The van der Waals surface area contributed by atoms with E-state index in [9.17, 15) is 4.79 Å². The van der Waals surface area contributed by atoms with Crippen LogP contribution in [0, 0.1) is 5.92 Å². The number of para-hydroxylation sites is 2. The molecular formula is C17H22N4O2. The molecule has 0 radical (unpaired) electrons. The largest absolute Gasteiger partial charge is 0.492 e. The third-order valence-corrected chi connectivity index (χ3v) is 2.99. The smallest absolute Gasteiger partial charge is 0.274 e. The van der Waals surface area contributed by atoms with Crippen molar-refractivity contribution in [3.05, 3.63) is 42.2 Å². The minimum atomic E-state index is -0.299. The van der Waals surface area contributed by atoms with Gasteiger partial charge < -0.3 is 15.4 Å². The van der Waals surface area contributed by atoms with Crippen molar-refractivity contribution in [1.29, 1.82) is 0 Å². The van der Waals surface area contributed by atoms with Crippen LogP contribution in [0.25, 0.3) is 0 Å². The van der Waals surface area contributed by atoms with E-state index in [1.807, 2.05) is 25.1 Å². The molecule has 1 aromatic carbocycles. The van der Waals surface area contributed by atoms with Gasteiger partial charge in [0.05, 0.1) is 12.3 Å². The van der Waals surface area contributed by atoms with Crippen molar-refractivity contribution in [3.8, 4) is 5.75 Å². The van der Waals surface area contributed by atoms with Gasteiger partial charge >= 0.3 is 0 Å². The highest BCUT2D eigenvalue weighted by Gasteiger charge is 2.12. The monoisotopic (exact) mass is 314 g/mol. The molecule has 2 rings (SSSR count). The predicted octanol–water partition coefficient (Wildman–Crippen LogP) is 3.20. The van der Waals surface area contributed by atoms with Gasteiger partial charge in [-0.2, -0.15) is 0 Å². The number of carbonyl (C=O) groups excluding carboxylic acids is 1. The van der Waals surface area contributed by atoms with Gasteiger partial charge in [-0.3, -0.25) is 4.79 Å². The normalized spacial score (nSPS) is 10.4. The Kier molecular flexibility index (Phi) is 5.91. The maximum Gasteiger partial charge on any atom is 0.274 e. The Labute approximate surface area is 136 Å². The number of benzene rings is 1. The molecule has 0 aliphatic rings. The first kappa shape index (κ1) is 16.7. The molecule has 0 saturated heterocycles. The molecule has 0 atom stereocenters. The lowest BCUT2D eigenvalue weighted by Gasteiger charge is -2.11. The summed E-state index contributed by atoms with van der Waals surface area (Å²) in [4.78, 5) is 20.7. The van der Waals surface area contributed by atoms with E-state index in [1.165, 1.54) is 0 Å². The maximum absolute atomic E-state index is 12.4. The summed E-state index contributed by atoms with van der Waals surface area (Å²) < 4.78 is 5.50. The van der Waals surface area contributed by atoms with Crippen LogP contribution < -0.4 is 15.4 Å². The Balaban J connectivity index is 2.10. The van der Waals surface area contributed by atoms with E-state index in [0.29, 0.717) is 35.6 Å². The highest BCUT2D eigenvalue weighted by atomic mass is 16.5. The number of rotatable bonds is 7. The van der Waals surface area contributed by atoms with Gasteiger partial charge in [0, 0.05) is 12.7 Å². The Hall–Kier alpha value is -2.63. The predicted molar refractivity (Wildman–Crippen MR) is 90.9 cm³/mol. The molecule has 6 heteroatoms. The molecule has 0 unspecified atom stereocenters. The summed E-state index contributed by atoms with van der Waals surface area (Å²) in [7, 11) is 0. The number of amides is 1. The third-order valence-electron chi connectivity index (χ3n) is 2.99. The van der Waals surface area contributed by atoms with Crippen LogP contribution in [0.15, 0.2) is 36.5 Å². The topological polar surface area (TPSA) is 76.1 Å². The first-order chi connectivity index (χ1) is 11.1. The minimum Gasteiger partial charge on any atom is -0.492 e. The molecule has 0 aliphatic heterocycles. The SMILES string of the molecule is CCOc1ccccc1NC(=O)c1ccnc(NCC(C)C)n1. The van der Waals surface area contributed by atoms with Gasteiger partial charge in [0.15, 0.2) is 0 Å². The molecule has 2 N–H and O–H groups in total. The van der Waals surface area contributed by atoms with Crippen molar-refractivity contribution in [2.45, 2.75) is 20.8 Å². The zero-order valence-electron chi connectivity index (χ0n) is 13.7. The van der Waals surface area contributed by atoms with Crippen LogP contribution in [0.2, 0.25) is 0 Å². The molecule has 1 aromatic heterocycles. The summed E-state index contributed by atoms with van der Waals surface area (Å²) in [6, 6.07) is 8.89. The Morgan fingerprint density at radius 2 is 2.04 bits per heavy atom. The molecule has 23 heavy (non-hydrogen) atoms. The number of hydrogen-bond acceptors (Lipinski definition) is 5. The highest BCUT2D eigenvalue weighted by molar-refractivity contribution is 6.03. The van der Waals surface area contributed by atoms with Gasteiger partial charge in [0.2, 0.25) is 5.95 Å². The van der Waals surface area contributed by atoms with E-state index < -0.39 is 0 Å². The van der Waals surface area contributed by atoms with Crippen molar-refractivity contribution < 1.29 is 9.53 Å². The van der Waals surface area contributed by atoms with E-state index in [0.717, 1.165) is 6.54 Å². The molecule has 1 heterocycles. The van der Waals surface area contributed by atoms with E-state index in [2.05, 4.69) is 34.4 Å². The van der Waals surface area contributed by atoms with E-state index in [-0.39, 0.29) is 5.91 Å². The lowest BCUT2D eigenvalue weighted by atomic mass is 10.2. The molecule has 0 spiro atoms. The summed E-state index contributed by atoms with van der Waals surface area (Å²) >= 11 is 0. The van der Waals surface area contributed by atoms with Crippen LogP contribution in [0.3, 0.4) is 0 Å². The van der Waals surface area contributed by atoms with Crippen LogP contribution in [0.5, 0.6) is 5.75 Å². The first-order valence-corrected chi connectivity index (χ1v) is 7.70. The van der Waals surface area contributed by atoms with Crippen LogP contribution in [0.4, 0.5) is 11.6 Å². The molecule has 122 valence electrons. The molecule has 0 saturated carbocycles. The van der Waals surface area contributed by atoms with Crippen molar-refractivity contribution in [2.24, 2.45) is 5.92 Å². The van der Waals surface area contributed by atoms with E-state index in [1.54, 1.807) is 18.3 Å². The van der Waals surface area contributed by atoms with Gasteiger partial charge in [-0.25, -0.2) is 9.97 Å². The number of nitrogens with one attached hydrogen (secondary N) is 2. The zero-order chi connectivity index (χ0) is 16.7. The average Bonchev–Trinajstić information content (AvgIpc) is 2.55. The summed E-state index contributed by atoms with van der Waals surface area (Å²) in [6.45, 7) is 7.36. The Bertz CT molecular complexity index is 659. The van der Waals surface area contributed by atoms with Gasteiger partial charge in [0.25, 0.3) is 5.91 Å². The van der Waals surface area contributed by atoms with Crippen LogP contribution in [-0.2, 0) is 0 Å². The summed E-state index contributed by atoms with van der Waals surface area (Å²) in [5, 5.41) is 5.93. The highest BCUT2D eigenvalue weighted by Crippen LogP contribution is 2.24. The minimum absolute atomic E-state index is 0.299. The van der Waals surface area contributed by atoms with Crippen molar-refractivity contribution in [1.82, 2.24) is 9.97 Å². The molecule has 2 aromatic rings. The molecule has 6 nitrogen and oxygen atoms in total.